The lowest BCUT2D eigenvalue weighted by Crippen LogP contribution is -2.43. The SMILES string of the molecule is CCNC(=O)N1CCC(=Cc2ccccc2)CC1. The smallest absolute Gasteiger partial charge is 0.317 e. The molecule has 2 amide bonds. The molecule has 1 aromatic rings. The maximum atomic E-state index is 11.7. The molecule has 0 atom stereocenters. The van der Waals surface area contributed by atoms with Crippen LogP contribution in [0.25, 0.3) is 6.08 Å². The minimum absolute atomic E-state index is 0.0660. The van der Waals surface area contributed by atoms with Crippen LogP contribution in [0.1, 0.15) is 25.3 Å². The minimum Gasteiger partial charge on any atom is -0.338 e. The summed E-state index contributed by atoms with van der Waals surface area (Å²) in [6, 6.07) is 10.4. The second-order valence-electron chi connectivity index (χ2n) is 4.54. The first-order chi connectivity index (χ1) is 8.79. The van der Waals surface area contributed by atoms with E-state index in [1.165, 1.54) is 11.1 Å². The lowest BCUT2D eigenvalue weighted by atomic mass is 10.0. The molecule has 18 heavy (non-hydrogen) atoms. The van der Waals surface area contributed by atoms with E-state index in [9.17, 15) is 4.79 Å². The maximum Gasteiger partial charge on any atom is 0.317 e. The van der Waals surface area contributed by atoms with E-state index in [0.717, 1.165) is 25.9 Å². The summed E-state index contributed by atoms with van der Waals surface area (Å²) in [6.07, 6.45) is 4.20. The average molecular weight is 244 g/mol. The van der Waals surface area contributed by atoms with Gasteiger partial charge in [0, 0.05) is 19.6 Å². The third kappa shape index (κ3) is 3.36. The summed E-state index contributed by atoms with van der Waals surface area (Å²) < 4.78 is 0. The Bertz CT molecular complexity index is 415. The number of amides is 2. The van der Waals surface area contributed by atoms with Crippen molar-refractivity contribution in [1.82, 2.24) is 10.2 Å². The van der Waals surface area contributed by atoms with E-state index in [2.05, 4.69) is 35.7 Å². The van der Waals surface area contributed by atoms with Crippen LogP contribution in [0, 0.1) is 0 Å². The van der Waals surface area contributed by atoms with Gasteiger partial charge in [-0.2, -0.15) is 0 Å². The fourth-order valence-electron chi connectivity index (χ4n) is 2.19. The third-order valence-electron chi connectivity index (χ3n) is 3.19. The Kier molecular flexibility index (Phi) is 4.40. The van der Waals surface area contributed by atoms with E-state index in [4.69, 9.17) is 0 Å². The van der Waals surface area contributed by atoms with Gasteiger partial charge in [-0.05, 0) is 25.3 Å². The van der Waals surface area contributed by atoms with Gasteiger partial charge >= 0.3 is 6.03 Å². The van der Waals surface area contributed by atoms with Crippen LogP contribution in [0.4, 0.5) is 4.79 Å². The van der Waals surface area contributed by atoms with Gasteiger partial charge in [-0.1, -0.05) is 42.0 Å². The maximum absolute atomic E-state index is 11.7. The van der Waals surface area contributed by atoms with Crippen molar-refractivity contribution in [2.24, 2.45) is 0 Å². The normalized spacial score (nSPS) is 15.4. The van der Waals surface area contributed by atoms with Gasteiger partial charge in [-0.15, -0.1) is 0 Å². The molecular formula is C15H20N2O. The fourth-order valence-corrected chi connectivity index (χ4v) is 2.19. The number of piperidine rings is 1. The summed E-state index contributed by atoms with van der Waals surface area (Å²) in [5, 5.41) is 2.85. The Balaban J connectivity index is 1.91. The molecule has 3 heteroatoms. The van der Waals surface area contributed by atoms with E-state index < -0.39 is 0 Å². The number of benzene rings is 1. The van der Waals surface area contributed by atoms with Crippen molar-refractivity contribution in [2.45, 2.75) is 19.8 Å². The predicted octanol–water partition coefficient (Wildman–Crippen LogP) is 2.90. The molecule has 0 unspecified atom stereocenters. The number of urea groups is 1. The monoisotopic (exact) mass is 244 g/mol. The number of likely N-dealkylation sites (tertiary alicyclic amines) is 1. The van der Waals surface area contributed by atoms with Crippen molar-refractivity contribution in [1.29, 1.82) is 0 Å². The van der Waals surface area contributed by atoms with E-state index >= 15 is 0 Å². The molecule has 0 radical (unpaired) electrons. The van der Waals surface area contributed by atoms with Gasteiger partial charge in [0.15, 0.2) is 0 Å². The van der Waals surface area contributed by atoms with Gasteiger partial charge in [-0.3, -0.25) is 0 Å². The number of carbonyl (C=O) groups is 1. The fraction of sp³-hybridized carbons (Fsp3) is 0.400. The summed E-state index contributed by atoms with van der Waals surface area (Å²) in [5.74, 6) is 0. The Morgan fingerprint density at radius 2 is 1.94 bits per heavy atom. The van der Waals surface area contributed by atoms with E-state index in [-0.39, 0.29) is 6.03 Å². The molecule has 1 fully saturated rings. The molecule has 2 rings (SSSR count). The zero-order valence-electron chi connectivity index (χ0n) is 10.9. The highest BCUT2D eigenvalue weighted by atomic mass is 16.2. The Morgan fingerprint density at radius 3 is 2.56 bits per heavy atom. The minimum atomic E-state index is 0.0660. The molecule has 1 heterocycles. The third-order valence-corrected chi connectivity index (χ3v) is 3.19. The highest BCUT2D eigenvalue weighted by Gasteiger charge is 2.17. The second-order valence-corrected chi connectivity index (χ2v) is 4.54. The summed E-state index contributed by atoms with van der Waals surface area (Å²) in [7, 11) is 0. The summed E-state index contributed by atoms with van der Waals surface area (Å²) in [4.78, 5) is 13.6. The second kappa shape index (κ2) is 6.24. The van der Waals surface area contributed by atoms with Crippen molar-refractivity contribution in [2.75, 3.05) is 19.6 Å². The first-order valence-electron chi connectivity index (χ1n) is 6.57. The summed E-state index contributed by atoms with van der Waals surface area (Å²) in [5.41, 5.74) is 2.68. The highest BCUT2D eigenvalue weighted by Crippen LogP contribution is 2.19. The quantitative estimate of drug-likeness (QED) is 0.852. The van der Waals surface area contributed by atoms with E-state index in [1.54, 1.807) is 0 Å². The van der Waals surface area contributed by atoms with Gasteiger partial charge in [0.2, 0.25) is 0 Å². The van der Waals surface area contributed by atoms with E-state index in [0.29, 0.717) is 6.54 Å². The Labute approximate surface area is 108 Å². The van der Waals surface area contributed by atoms with Crippen molar-refractivity contribution in [3.8, 4) is 0 Å². The number of nitrogens with one attached hydrogen (secondary N) is 1. The number of rotatable bonds is 2. The first-order valence-corrected chi connectivity index (χ1v) is 6.57. The van der Waals surface area contributed by atoms with Crippen molar-refractivity contribution < 1.29 is 4.79 Å². The lowest BCUT2D eigenvalue weighted by molar-refractivity contribution is 0.194. The van der Waals surface area contributed by atoms with Crippen molar-refractivity contribution in [3.05, 3.63) is 41.5 Å². The topological polar surface area (TPSA) is 32.3 Å². The van der Waals surface area contributed by atoms with Crippen LogP contribution in [0.5, 0.6) is 0 Å². The molecule has 3 nitrogen and oxygen atoms in total. The first kappa shape index (κ1) is 12.7. The van der Waals surface area contributed by atoms with Gasteiger partial charge in [0.1, 0.15) is 0 Å². The molecule has 1 N–H and O–H groups in total. The summed E-state index contributed by atoms with van der Waals surface area (Å²) in [6.45, 7) is 4.29. The standard InChI is InChI=1S/C15H20N2O/c1-2-16-15(18)17-10-8-14(9-11-17)12-13-6-4-3-5-7-13/h3-7,12H,2,8-11H2,1H3,(H,16,18). The molecule has 0 bridgehead atoms. The number of nitrogens with zero attached hydrogens (tertiary/aromatic N) is 1. The van der Waals surface area contributed by atoms with Crippen LogP contribution in [-0.2, 0) is 0 Å². The average Bonchev–Trinajstić information content (AvgIpc) is 2.41. The van der Waals surface area contributed by atoms with Crippen molar-refractivity contribution in [3.63, 3.8) is 0 Å². The number of hydrogen-bond donors (Lipinski definition) is 1. The van der Waals surface area contributed by atoms with Gasteiger partial charge in [-0.25, -0.2) is 4.79 Å². The summed E-state index contributed by atoms with van der Waals surface area (Å²) >= 11 is 0. The van der Waals surface area contributed by atoms with Crippen LogP contribution >= 0.6 is 0 Å². The van der Waals surface area contributed by atoms with Crippen LogP contribution in [0.3, 0.4) is 0 Å². The molecule has 0 aromatic heterocycles. The van der Waals surface area contributed by atoms with Gasteiger partial charge < -0.3 is 10.2 Å². The van der Waals surface area contributed by atoms with Crippen LogP contribution in [-0.4, -0.2) is 30.6 Å². The van der Waals surface area contributed by atoms with Gasteiger partial charge in [0.25, 0.3) is 0 Å². The highest BCUT2D eigenvalue weighted by molar-refractivity contribution is 5.74. The number of hydrogen-bond acceptors (Lipinski definition) is 1. The molecule has 0 spiro atoms. The molecule has 1 aliphatic heterocycles. The molecule has 96 valence electrons. The number of carbonyl (C=O) groups excluding carboxylic acids is 1. The molecule has 1 aromatic carbocycles. The molecule has 1 saturated heterocycles. The Hall–Kier alpha value is -1.77. The zero-order valence-corrected chi connectivity index (χ0v) is 10.9. The lowest BCUT2D eigenvalue weighted by Gasteiger charge is -2.28. The van der Waals surface area contributed by atoms with Crippen LogP contribution in [0.15, 0.2) is 35.9 Å². The molecule has 0 aliphatic carbocycles. The van der Waals surface area contributed by atoms with E-state index in [1.807, 2.05) is 17.9 Å². The van der Waals surface area contributed by atoms with Gasteiger partial charge in [0.05, 0.1) is 0 Å². The molecule has 0 saturated carbocycles. The molecular weight excluding hydrogens is 224 g/mol. The van der Waals surface area contributed by atoms with Crippen molar-refractivity contribution >= 4 is 12.1 Å². The van der Waals surface area contributed by atoms with Crippen LogP contribution < -0.4 is 5.32 Å². The zero-order chi connectivity index (χ0) is 12.8. The molecule has 1 aliphatic rings. The predicted molar refractivity (Wildman–Crippen MR) is 74.3 cm³/mol. The Morgan fingerprint density at radius 1 is 1.28 bits per heavy atom. The largest absolute Gasteiger partial charge is 0.338 e. The van der Waals surface area contributed by atoms with Crippen LogP contribution in [0.2, 0.25) is 0 Å².